The van der Waals surface area contributed by atoms with Crippen molar-refractivity contribution in [2.24, 2.45) is 0 Å². The Morgan fingerprint density at radius 1 is 1.00 bits per heavy atom. The zero-order chi connectivity index (χ0) is 17.0. The summed E-state index contributed by atoms with van der Waals surface area (Å²) < 4.78 is 26.0. The number of nitrogens with one attached hydrogen (secondary N) is 2. The Kier molecular flexibility index (Phi) is 5.00. The highest BCUT2D eigenvalue weighted by molar-refractivity contribution is 6.03. The lowest BCUT2D eigenvalue weighted by atomic mass is 10.2. The van der Waals surface area contributed by atoms with Gasteiger partial charge >= 0.3 is 0 Å². The average Bonchev–Trinajstić information content (AvgIpc) is 2.50. The molecule has 2 aromatic rings. The van der Waals surface area contributed by atoms with Crippen molar-refractivity contribution in [3.8, 4) is 0 Å². The Balaban J connectivity index is 2.16. The minimum Gasteiger partial charge on any atom is -0.349 e. The highest BCUT2D eigenvalue weighted by atomic mass is 19.2. The van der Waals surface area contributed by atoms with E-state index in [0.717, 1.165) is 12.1 Å². The fraction of sp³-hybridized carbons (Fsp3) is 0.188. The van der Waals surface area contributed by atoms with Crippen molar-refractivity contribution >= 4 is 17.5 Å². The minimum atomic E-state index is -1.07. The molecule has 0 aliphatic heterocycles. The first-order valence-corrected chi connectivity index (χ1v) is 6.91. The van der Waals surface area contributed by atoms with Crippen LogP contribution in [0.1, 0.15) is 34.8 Å². The van der Waals surface area contributed by atoms with Crippen LogP contribution >= 0.6 is 0 Å². The van der Waals surface area contributed by atoms with Gasteiger partial charge < -0.3 is 10.6 Å². The van der Waals surface area contributed by atoms with E-state index >= 15 is 0 Å². The van der Waals surface area contributed by atoms with E-state index in [1.165, 1.54) is 24.3 Å². The molecule has 0 spiro atoms. The van der Waals surface area contributed by atoms with E-state index in [4.69, 9.17) is 0 Å². The standard InChI is InChI=1S/C16H15F2N3O2/c1-9(2)19-15(22)13-4-3-5-14(21-13)16(23)20-10-6-7-11(17)12(18)8-10/h3-9H,1-2H3,(H,19,22)(H,20,23). The number of aromatic nitrogens is 1. The van der Waals surface area contributed by atoms with Crippen LogP contribution in [-0.4, -0.2) is 22.8 Å². The molecule has 2 N–H and O–H groups in total. The molecule has 23 heavy (non-hydrogen) atoms. The maximum Gasteiger partial charge on any atom is 0.274 e. The van der Waals surface area contributed by atoms with E-state index in [-0.39, 0.29) is 23.1 Å². The quantitative estimate of drug-likeness (QED) is 0.910. The summed E-state index contributed by atoms with van der Waals surface area (Å²) in [6.45, 7) is 3.61. The van der Waals surface area contributed by atoms with Crippen molar-refractivity contribution in [3.05, 3.63) is 59.4 Å². The van der Waals surface area contributed by atoms with E-state index in [1.807, 2.05) is 0 Å². The lowest BCUT2D eigenvalue weighted by Crippen LogP contribution is -2.31. The summed E-state index contributed by atoms with van der Waals surface area (Å²) in [5.41, 5.74) is 0.176. The summed E-state index contributed by atoms with van der Waals surface area (Å²) >= 11 is 0. The number of amides is 2. The molecule has 2 rings (SSSR count). The SMILES string of the molecule is CC(C)NC(=O)c1cccc(C(=O)Nc2ccc(F)c(F)c2)n1. The van der Waals surface area contributed by atoms with Gasteiger partial charge in [-0.15, -0.1) is 0 Å². The second-order valence-corrected chi connectivity index (χ2v) is 5.12. The van der Waals surface area contributed by atoms with Crippen LogP contribution in [0.2, 0.25) is 0 Å². The Bertz CT molecular complexity index is 748. The number of benzene rings is 1. The number of hydrogen-bond acceptors (Lipinski definition) is 3. The molecule has 0 saturated heterocycles. The topological polar surface area (TPSA) is 71.1 Å². The molecule has 0 atom stereocenters. The van der Waals surface area contributed by atoms with Gasteiger partial charge in [0.15, 0.2) is 11.6 Å². The van der Waals surface area contributed by atoms with Crippen molar-refractivity contribution in [3.63, 3.8) is 0 Å². The summed E-state index contributed by atoms with van der Waals surface area (Å²) in [5.74, 6) is -3.10. The zero-order valence-corrected chi connectivity index (χ0v) is 12.6. The molecule has 1 aromatic carbocycles. The largest absolute Gasteiger partial charge is 0.349 e. The molecule has 0 fully saturated rings. The lowest BCUT2D eigenvalue weighted by molar-refractivity contribution is 0.0938. The van der Waals surface area contributed by atoms with Gasteiger partial charge in [-0.2, -0.15) is 0 Å². The van der Waals surface area contributed by atoms with Gasteiger partial charge in [-0.05, 0) is 38.1 Å². The van der Waals surface area contributed by atoms with Crippen molar-refractivity contribution in [1.82, 2.24) is 10.3 Å². The number of nitrogens with zero attached hydrogens (tertiary/aromatic N) is 1. The number of halogens is 2. The first-order valence-electron chi connectivity index (χ1n) is 6.91. The van der Waals surface area contributed by atoms with Gasteiger partial charge in [-0.3, -0.25) is 9.59 Å². The number of carbonyl (C=O) groups is 2. The first kappa shape index (κ1) is 16.5. The van der Waals surface area contributed by atoms with Crippen LogP contribution in [-0.2, 0) is 0 Å². The Hall–Kier alpha value is -2.83. The van der Waals surface area contributed by atoms with Crippen LogP contribution in [0.4, 0.5) is 14.5 Å². The summed E-state index contributed by atoms with van der Waals surface area (Å²) in [5, 5.41) is 5.06. The third kappa shape index (κ3) is 4.32. The van der Waals surface area contributed by atoms with Crippen LogP contribution in [0.3, 0.4) is 0 Å². The average molecular weight is 319 g/mol. The predicted octanol–water partition coefficient (Wildman–Crippen LogP) is 2.75. The molecule has 0 aliphatic carbocycles. The van der Waals surface area contributed by atoms with Crippen LogP contribution in [0, 0.1) is 11.6 Å². The van der Waals surface area contributed by atoms with Crippen LogP contribution < -0.4 is 10.6 Å². The second kappa shape index (κ2) is 6.95. The molecule has 0 radical (unpaired) electrons. The van der Waals surface area contributed by atoms with Gasteiger partial charge in [0.05, 0.1) is 0 Å². The van der Waals surface area contributed by atoms with Gasteiger partial charge in [-0.1, -0.05) is 6.07 Å². The first-order chi connectivity index (χ1) is 10.9. The number of pyridine rings is 1. The molecule has 7 heteroatoms. The predicted molar refractivity (Wildman–Crippen MR) is 81.2 cm³/mol. The van der Waals surface area contributed by atoms with Gasteiger partial charge in [0.2, 0.25) is 0 Å². The summed E-state index contributed by atoms with van der Waals surface area (Å²) in [4.78, 5) is 27.9. The van der Waals surface area contributed by atoms with Gasteiger partial charge in [0.25, 0.3) is 11.8 Å². The van der Waals surface area contributed by atoms with Crippen LogP contribution in [0.15, 0.2) is 36.4 Å². The molecule has 1 heterocycles. The number of carbonyl (C=O) groups excluding carboxylic acids is 2. The van der Waals surface area contributed by atoms with Crippen molar-refractivity contribution in [2.45, 2.75) is 19.9 Å². The molecule has 2 amide bonds. The molecular weight excluding hydrogens is 304 g/mol. The van der Waals surface area contributed by atoms with Gasteiger partial charge in [0, 0.05) is 17.8 Å². The summed E-state index contributed by atoms with van der Waals surface area (Å²) in [6, 6.07) is 7.35. The molecule has 0 bridgehead atoms. The van der Waals surface area contributed by atoms with E-state index in [2.05, 4.69) is 15.6 Å². The van der Waals surface area contributed by atoms with Crippen molar-refractivity contribution < 1.29 is 18.4 Å². The fourth-order valence-electron chi connectivity index (χ4n) is 1.79. The van der Waals surface area contributed by atoms with Gasteiger partial charge in [-0.25, -0.2) is 13.8 Å². The minimum absolute atomic E-state index is 0.00820. The fourth-order valence-corrected chi connectivity index (χ4v) is 1.79. The molecule has 0 saturated carbocycles. The Morgan fingerprint density at radius 3 is 2.26 bits per heavy atom. The molecule has 0 aliphatic rings. The Labute approximate surface area is 131 Å². The van der Waals surface area contributed by atoms with Crippen LogP contribution in [0.5, 0.6) is 0 Å². The maximum absolute atomic E-state index is 13.1. The van der Waals surface area contributed by atoms with E-state index in [1.54, 1.807) is 13.8 Å². The third-order valence-electron chi connectivity index (χ3n) is 2.81. The summed E-state index contributed by atoms with van der Waals surface area (Å²) in [7, 11) is 0. The molecule has 5 nitrogen and oxygen atoms in total. The highest BCUT2D eigenvalue weighted by Gasteiger charge is 2.14. The number of hydrogen-bond donors (Lipinski definition) is 2. The molecular formula is C16H15F2N3O2. The molecule has 0 unspecified atom stereocenters. The van der Waals surface area contributed by atoms with Gasteiger partial charge in [0.1, 0.15) is 11.4 Å². The highest BCUT2D eigenvalue weighted by Crippen LogP contribution is 2.14. The van der Waals surface area contributed by atoms with E-state index in [0.29, 0.717) is 0 Å². The van der Waals surface area contributed by atoms with Crippen LogP contribution in [0.25, 0.3) is 0 Å². The third-order valence-corrected chi connectivity index (χ3v) is 2.81. The second-order valence-electron chi connectivity index (χ2n) is 5.12. The van der Waals surface area contributed by atoms with Crippen molar-refractivity contribution in [1.29, 1.82) is 0 Å². The molecule has 1 aromatic heterocycles. The summed E-state index contributed by atoms with van der Waals surface area (Å²) in [6.07, 6.45) is 0. The monoisotopic (exact) mass is 319 g/mol. The maximum atomic E-state index is 13.1. The van der Waals surface area contributed by atoms with Crippen molar-refractivity contribution in [2.75, 3.05) is 5.32 Å². The Morgan fingerprint density at radius 2 is 1.65 bits per heavy atom. The molecule has 120 valence electrons. The smallest absolute Gasteiger partial charge is 0.274 e. The normalized spacial score (nSPS) is 10.5. The zero-order valence-electron chi connectivity index (χ0n) is 12.6. The lowest BCUT2D eigenvalue weighted by Gasteiger charge is -2.09. The van der Waals surface area contributed by atoms with E-state index < -0.39 is 23.4 Å². The number of anilines is 1. The number of rotatable bonds is 4. The van der Waals surface area contributed by atoms with E-state index in [9.17, 15) is 18.4 Å².